The highest BCUT2D eigenvalue weighted by Crippen LogP contribution is 2.29. The number of hydrogen-bond acceptors (Lipinski definition) is 4. The Morgan fingerprint density at radius 2 is 1.56 bits per heavy atom. The van der Waals surface area contributed by atoms with Crippen LogP contribution in [0.1, 0.15) is 56.8 Å². The van der Waals surface area contributed by atoms with Gasteiger partial charge in [0.2, 0.25) is 0 Å². The number of benzene rings is 2. The van der Waals surface area contributed by atoms with Crippen molar-refractivity contribution in [2.24, 2.45) is 11.8 Å². The molecule has 4 rings (SSSR count). The van der Waals surface area contributed by atoms with E-state index in [0.717, 1.165) is 42.1 Å². The summed E-state index contributed by atoms with van der Waals surface area (Å²) in [4.78, 5) is 29.8. The number of nitrogens with zero attached hydrogens (tertiary/aromatic N) is 1. The molecule has 0 saturated heterocycles. The molecule has 190 valence electrons. The standard InChI is InChI=1S/C29H34FN3O3/c1-29(2,3)36-28(35)32-18-20-10-8-19(9-11-20)17-31-27(34)24-16-26(21-12-14-22(30)15-13-21)33-25-7-5-4-6-23(24)25/h4-7,12-16,19-20H,8-11,17-18H2,1-3H3,(H,31,34)(H,32,35)/t19-,20-. The summed E-state index contributed by atoms with van der Waals surface area (Å²) in [6, 6.07) is 15.5. The van der Waals surface area contributed by atoms with Gasteiger partial charge >= 0.3 is 6.09 Å². The van der Waals surface area contributed by atoms with Crippen LogP contribution < -0.4 is 10.6 Å². The Kier molecular flexibility index (Phi) is 7.87. The molecular weight excluding hydrogens is 457 g/mol. The zero-order valence-electron chi connectivity index (χ0n) is 21.1. The molecule has 3 aromatic rings. The van der Waals surface area contributed by atoms with Crippen LogP contribution in [0.15, 0.2) is 54.6 Å². The average Bonchev–Trinajstić information content (AvgIpc) is 2.85. The van der Waals surface area contributed by atoms with Crippen molar-refractivity contribution in [3.8, 4) is 11.3 Å². The molecule has 0 spiro atoms. The van der Waals surface area contributed by atoms with E-state index in [-0.39, 0.29) is 17.8 Å². The van der Waals surface area contributed by atoms with E-state index in [9.17, 15) is 14.0 Å². The largest absolute Gasteiger partial charge is 0.444 e. The molecule has 1 aromatic heterocycles. The number of hydrogen-bond donors (Lipinski definition) is 2. The van der Waals surface area contributed by atoms with Crippen LogP contribution in [-0.2, 0) is 4.74 Å². The molecule has 1 aliphatic carbocycles. The highest BCUT2D eigenvalue weighted by atomic mass is 19.1. The van der Waals surface area contributed by atoms with Crippen LogP contribution in [0.3, 0.4) is 0 Å². The minimum absolute atomic E-state index is 0.134. The highest BCUT2D eigenvalue weighted by molar-refractivity contribution is 6.07. The number of halogens is 1. The van der Waals surface area contributed by atoms with Crippen molar-refractivity contribution in [1.29, 1.82) is 0 Å². The minimum atomic E-state index is -0.500. The van der Waals surface area contributed by atoms with Gasteiger partial charge in [0.15, 0.2) is 0 Å². The molecule has 2 amide bonds. The molecule has 1 aliphatic rings. The van der Waals surface area contributed by atoms with E-state index < -0.39 is 5.60 Å². The first kappa shape index (κ1) is 25.6. The van der Waals surface area contributed by atoms with Crippen LogP contribution in [0.5, 0.6) is 0 Å². The van der Waals surface area contributed by atoms with Crippen molar-refractivity contribution in [3.63, 3.8) is 0 Å². The van der Waals surface area contributed by atoms with Gasteiger partial charge in [-0.3, -0.25) is 4.79 Å². The van der Waals surface area contributed by atoms with Crippen molar-refractivity contribution >= 4 is 22.9 Å². The molecule has 0 radical (unpaired) electrons. The summed E-state index contributed by atoms with van der Waals surface area (Å²) in [6.07, 6.45) is 3.63. The van der Waals surface area contributed by atoms with E-state index in [1.807, 2.05) is 45.0 Å². The fourth-order valence-electron chi connectivity index (χ4n) is 4.65. The predicted molar refractivity (Wildman–Crippen MR) is 139 cm³/mol. The van der Waals surface area contributed by atoms with Crippen LogP contribution in [0.4, 0.5) is 9.18 Å². The Balaban J connectivity index is 1.35. The highest BCUT2D eigenvalue weighted by Gasteiger charge is 2.24. The number of nitrogens with one attached hydrogen (secondary N) is 2. The Morgan fingerprint density at radius 1 is 0.944 bits per heavy atom. The molecule has 7 heteroatoms. The Labute approximate surface area is 211 Å². The summed E-state index contributed by atoms with van der Waals surface area (Å²) in [5.41, 5.74) is 2.18. The quantitative estimate of drug-likeness (QED) is 0.437. The first-order chi connectivity index (χ1) is 17.2. The zero-order chi connectivity index (χ0) is 25.7. The van der Waals surface area contributed by atoms with E-state index in [0.29, 0.717) is 36.2 Å². The average molecular weight is 492 g/mol. The summed E-state index contributed by atoms with van der Waals surface area (Å²) in [6.45, 7) is 6.77. The molecule has 6 nitrogen and oxygen atoms in total. The molecule has 1 heterocycles. The molecule has 1 fully saturated rings. The Hall–Kier alpha value is -3.48. The van der Waals surface area contributed by atoms with E-state index >= 15 is 0 Å². The second-order valence-corrected chi connectivity index (χ2v) is 10.6. The maximum absolute atomic E-state index is 13.4. The van der Waals surface area contributed by atoms with Gasteiger partial charge < -0.3 is 15.4 Å². The van der Waals surface area contributed by atoms with Gasteiger partial charge in [0.05, 0.1) is 16.8 Å². The van der Waals surface area contributed by atoms with Gasteiger partial charge in [-0.2, -0.15) is 0 Å². The number of aromatic nitrogens is 1. The van der Waals surface area contributed by atoms with E-state index in [2.05, 4.69) is 15.6 Å². The molecule has 0 aliphatic heterocycles. The second kappa shape index (κ2) is 11.1. The van der Waals surface area contributed by atoms with Crippen LogP contribution in [0, 0.1) is 17.7 Å². The lowest BCUT2D eigenvalue weighted by Crippen LogP contribution is -2.37. The maximum atomic E-state index is 13.4. The van der Waals surface area contributed by atoms with Gasteiger partial charge in [-0.05, 0) is 94.7 Å². The summed E-state index contributed by atoms with van der Waals surface area (Å²) in [7, 11) is 0. The van der Waals surface area contributed by atoms with Crippen molar-refractivity contribution in [2.45, 2.75) is 52.1 Å². The smallest absolute Gasteiger partial charge is 0.407 e. The second-order valence-electron chi connectivity index (χ2n) is 10.6. The lowest BCUT2D eigenvalue weighted by molar-refractivity contribution is 0.0512. The molecule has 0 bridgehead atoms. The topological polar surface area (TPSA) is 80.3 Å². The molecule has 2 N–H and O–H groups in total. The third kappa shape index (κ3) is 6.80. The van der Waals surface area contributed by atoms with Crippen LogP contribution in [0.2, 0.25) is 0 Å². The number of amides is 2. The zero-order valence-corrected chi connectivity index (χ0v) is 21.1. The monoisotopic (exact) mass is 491 g/mol. The molecule has 1 saturated carbocycles. The van der Waals surface area contributed by atoms with Crippen molar-refractivity contribution in [3.05, 3.63) is 66.0 Å². The van der Waals surface area contributed by atoms with Crippen molar-refractivity contribution < 1.29 is 18.7 Å². The van der Waals surface area contributed by atoms with Gasteiger partial charge in [0.25, 0.3) is 5.91 Å². The molecular formula is C29H34FN3O3. The van der Waals surface area contributed by atoms with E-state index in [1.54, 1.807) is 18.2 Å². The Bertz CT molecular complexity index is 1210. The van der Waals surface area contributed by atoms with E-state index in [1.165, 1.54) is 12.1 Å². The summed E-state index contributed by atoms with van der Waals surface area (Å²) in [5, 5.41) is 6.79. The number of ether oxygens (including phenoxy) is 1. The fraction of sp³-hybridized carbons (Fsp3) is 0.414. The number of carbonyl (C=O) groups excluding carboxylic acids is 2. The normalized spacial score (nSPS) is 18.0. The number of fused-ring (bicyclic) bond motifs is 1. The fourth-order valence-corrected chi connectivity index (χ4v) is 4.65. The Morgan fingerprint density at radius 3 is 2.19 bits per heavy atom. The van der Waals surface area contributed by atoms with Gasteiger partial charge in [0.1, 0.15) is 11.4 Å². The molecule has 0 unspecified atom stereocenters. The van der Waals surface area contributed by atoms with E-state index in [4.69, 9.17) is 4.74 Å². The SMILES string of the molecule is CC(C)(C)OC(=O)NC[C@H]1CC[C@H](CNC(=O)c2cc(-c3ccc(F)cc3)nc3ccccc23)CC1. The first-order valence-electron chi connectivity index (χ1n) is 12.6. The summed E-state index contributed by atoms with van der Waals surface area (Å²) < 4.78 is 18.7. The van der Waals surface area contributed by atoms with Crippen molar-refractivity contribution in [2.75, 3.05) is 13.1 Å². The number of para-hydroxylation sites is 1. The van der Waals surface area contributed by atoms with Gasteiger partial charge in [-0.1, -0.05) is 18.2 Å². The van der Waals surface area contributed by atoms with Crippen molar-refractivity contribution in [1.82, 2.24) is 15.6 Å². The van der Waals surface area contributed by atoms with Crippen LogP contribution in [-0.4, -0.2) is 35.7 Å². The molecule has 0 atom stereocenters. The number of carbonyl (C=O) groups is 2. The maximum Gasteiger partial charge on any atom is 0.407 e. The molecule has 36 heavy (non-hydrogen) atoms. The summed E-state index contributed by atoms with van der Waals surface area (Å²) >= 11 is 0. The predicted octanol–water partition coefficient (Wildman–Crippen LogP) is 6.10. The van der Waals surface area contributed by atoms with Crippen LogP contribution >= 0.6 is 0 Å². The van der Waals surface area contributed by atoms with Gasteiger partial charge in [-0.15, -0.1) is 0 Å². The molecule has 2 aromatic carbocycles. The number of rotatable bonds is 6. The minimum Gasteiger partial charge on any atom is -0.444 e. The lowest BCUT2D eigenvalue weighted by atomic mass is 9.82. The van der Waals surface area contributed by atoms with Crippen LogP contribution in [0.25, 0.3) is 22.2 Å². The summed E-state index contributed by atoms with van der Waals surface area (Å²) in [5.74, 6) is 0.377. The lowest BCUT2D eigenvalue weighted by Gasteiger charge is -2.29. The van der Waals surface area contributed by atoms with Gasteiger partial charge in [0, 0.05) is 24.0 Å². The first-order valence-corrected chi connectivity index (χ1v) is 12.6. The van der Waals surface area contributed by atoms with Gasteiger partial charge in [-0.25, -0.2) is 14.2 Å². The third-order valence-corrected chi connectivity index (χ3v) is 6.55. The number of pyridine rings is 1. The number of alkyl carbamates (subject to hydrolysis) is 1. The third-order valence-electron chi connectivity index (χ3n) is 6.55.